The highest BCUT2D eigenvalue weighted by Crippen LogP contribution is 2.16. The lowest BCUT2D eigenvalue weighted by Crippen LogP contribution is -2.41. The average molecular weight is 232 g/mol. The molecule has 0 radical (unpaired) electrons. The summed E-state index contributed by atoms with van der Waals surface area (Å²) >= 11 is 0. The van der Waals surface area contributed by atoms with E-state index in [1.807, 2.05) is 18.2 Å². The van der Waals surface area contributed by atoms with Crippen LogP contribution in [0.25, 0.3) is 0 Å². The maximum absolute atomic E-state index is 12.0. The predicted octanol–water partition coefficient (Wildman–Crippen LogP) is 2.01. The quantitative estimate of drug-likeness (QED) is 0.833. The van der Waals surface area contributed by atoms with E-state index in [1.54, 1.807) is 0 Å². The number of amides is 1. The van der Waals surface area contributed by atoms with Gasteiger partial charge in [0, 0.05) is 0 Å². The monoisotopic (exact) mass is 232 g/mol. The fourth-order valence-corrected chi connectivity index (χ4v) is 2.29. The Hall–Kier alpha value is -1.35. The first-order valence-corrected chi connectivity index (χ1v) is 6.40. The van der Waals surface area contributed by atoms with E-state index >= 15 is 0 Å². The molecule has 2 N–H and O–H groups in total. The zero-order valence-electron chi connectivity index (χ0n) is 10.3. The SMILES string of the molecule is CCC(NC(=O)C1CCCN1)c1ccccc1. The third kappa shape index (κ3) is 3.07. The van der Waals surface area contributed by atoms with Gasteiger partial charge in [-0.1, -0.05) is 37.3 Å². The molecule has 1 saturated heterocycles. The van der Waals surface area contributed by atoms with Crippen molar-refractivity contribution in [3.8, 4) is 0 Å². The van der Waals surface area contributed by atoms with Crippen LogP contribution >= 0.6 is 0 Å². The van der Waals surface area contributed by atoms with Gasteiger partial charge >= 0.3 is 0 Å². The Bertz CT molecular complexity index is 358. The summed E-state index contributed by atoms with van der Waals surface area (Å²) < 4.78 is 0. The normalized spacial score (nSPS) is 21.1. The number of carbonyl (C=O) groups is 1. The van der Waals surface area contributed by atoms with Crippen molar-refractivity contribution in [1.82, 2.24) is 10.6 Å². The lowest BCUT2D eigenvalue weighted by Gasteiger charge is -2.20. The third-order valence-electron chi connectivity index (χ3n) is 3.30. The van der Waals surface area contributed by atoms with Crippen molar-refractivity contribution in [2.45, 2.75) is 38.3 Å². The predicted molar refractivity (Wildman–Crippen MR) is 68.6 cm³/mol. The lowest BCUT2D eigenvalue weighted by atomic mass is 10.0. The van der Waals surface area contributed by atoms with Gasteiger partial charge in [0.15, 0.2) is 0 Å². The van der Waals surface area contributed by atoms with Crippen LogP contribution in [0.5, 0.6) is 0 Å². The summed E-state index contributed by atoms with van der Waals surface area (Å²) in [5, 5.41) is 6.35. The molecule has 2 unspecified atom stereocenters. The van der Waals surface area contributed by atoms with E-state index in [0.29, 0.717) is 0 Å². The van der Waals surface area contributed by atoms with Gasteiger partial charge in [-0.2, -0.15) is 0 Å². The molecule has 1 fully saturated rings. The molecule has 3 nitrogen and oxygen atoms in total. The molecular weight excluding hydrogens is 212 g/mol. The van der Waals surface area contributed by atoms with E-state index in [4.69, 9.17) is 0 Å². The van der Waals surface area contributed by atoms with Gasteiger partial charge in [0.25, 0.3) is 0 Å². The third-order valence-corrected chi connectivity index (χ3v) is 3.30. The first-order valence-electron chi connectivity index (χ1n) is 6.40. The summed E-state index contributed by atoms with van der Waals surface area (Å²) in [5.74, 6) is 0.137. The number of hydrogen-bond acceptors (Lipinski definition) is 2. The number of rotatable bonds is 4. The second kappa shape index (κ2) is 5.82. The second-order valence-corrected chi connectivity index (χ2v) is 4.53. The minimum atomic E-state index is 0.00719. The molecule has 3 heteroatoms. The summed E-state index contributed by atoms with van der Waals surface area (Å²) in [6.07, 6.45) is 2.97. The molecule has 1 aromatic rings. The van der Waals surface area contributed by atoms with Crippen LogP contribution in [0.2, 0.25) is 0 Å². The molecular formula is C14H20N2O. The van der Waals surface area contributed by atoms with Crippen LogP contribution < -0.4 is 10.6 Å². The molecule has 17 heavy (non-hydrogen) atoms. The van der Waals surface area contributed by atoms with Crippen molar-refractivity contribution < 1.29 is 4.79 Å². The maximum Gasteiger partial charge on any atom is 0.237 e. The molecule has 0 aliphatic carbocycles. The molecule has 1 heterocycles. The molecule has 2 atom stereocenters. The van der Waals surface area contributed by atoms with E-state index in [0.717, 1.165) is 25.8 Å². The Morgan fingerprint density at radius 3 is 2.82 bits per heavy atom. The highest BCUT2D eigenvalue weighted by Gasteiger charge is 2.23. The van der Waals surface area contributed by atoms with E-state index in [9.17, 15) is 4.79 Å². The summed E-state index contributed by atoms with van der Waals surface area (Å²) in [4.78, 5) is 12.0. The van der Waals surface area contributed by atoms with Crippen molar-refractivity contribution in [1.29, 1.82) is 0 Å². The Labute approximate surface area is 103 Å². The van der Waals surface area contributed by atoms with Crippen LogP contribution in [0, 0.1) is 0 Å². The molecule has 1 aliphatic heterocycles. The van der Waals surface area contributed by atoms with Crippen molar-refractivity contribution in [3.63, 3.8) is 0 Å². The topological polar surface area (TPSA) is 41.1 Å². The molecule has 2 rings (SSSR count). The summed E-state index contributed by atoms with van der Waals surface area (Å²) in [6.45, 7) is 3.06. The smallest absolute Gasteiger partial charge is 0.237 e. The van der Waals surface area contributed by atoms with Gasteiger partial charge in [-0.3, -0.25) is 4.79 Å². The van der Waals surface area contributed by atoms with E-state index < -0.39 is 0 Å². The zero-order chi connectivity index (χ0) is 12.1. The number of carbonyl (C=O) groups excluding carboxylic acids is 1. The molecule has 0 saturated carbocycles. The van der Waals surface area contributed by atoms with Crippen LogP contribution in [0.15, 0.2) is 30.3 Å². The van der Waals surface area contributed by atoms with Gasteiger partial charge in [0.2, 0.25) is 5.91 Å². The Morgan fingerprint density at radius 1 is 1.47 bits per heavy atom. The highest BCUT2D eigenvalue weighted by atomic mass is 16.2. The average Bonchev–Trinajstić information content (AvgIpc) is 2.90. The summed E-state index contributed by atoms with van der Waals surface area (Å²) in [6, 6.07) is 10.3. The van der Waals surface area contributed by atoms with Gasteiger partial charge < -0.3 is 10.6 Å². The van der Waals surface area contributed by atoms with Gasteiger partial charge in [0.05, 0.1) is 12.1 Å². The number of benzene rings is 1. The highest BCUT2D eigenvalue weighted by molar-refractivity contribution is 5.82. The minimum absolute atomic E-state index is 0.00719. The molecule has 1 aliphatic rings. The van der Waals surface area contributed by atoms with Crippen molar-refractivity contribution >= 4 is 5.91 Å². The van der Waals surface area contributed by atoms with Crippen LogP contribution in [0.3, 0.4) is 0 Å². The van der Waals surface area contributed by atoms with Gasteiger partial charge in [-0.05, 0) is 31.4 Å². The van der Waals surface area contributed by atoms with Crippen molar-refractivity contribution in [2.75, 3.05) is 6.54 Å². The standard InChI is InChI=1S/C14H20N2O/c1-2-12(11-7-4-3-5-8-11)16-14(17)13-9-6-10-15-13/h3-5,7-8,12-13,15H,2,6,9-10H2,1H3,(H,16,17). The second-order valence-electron chi connectivity index (χ2n) is 4.53. The molecule has 1 aromatic carbocycles. The van der Waals surface area contributed by atoms with Crippen LogP contribution in [-0.2, 0) is 4.79 Å². The first-order chi connectivity index (χ1) is 8.31. The van der Waals surface area contributed by atoms with Gasteiger partial charge in [0.1, 0.15) is 0 Å². The Kier molecular flexibility index (Phi) is 4.15. The lowest BCUT2D eigenvalue weighted by molar-refractivity contribution is -0.123. The van der Waals surface area contributed by atoms with Crippen LogP contribution in [0.1, 0.15) is 37.8 Å². The fourth-order valence-electron chi connectivity index (χ4n) is 2.29. The molecule has 0 spiro atoms. The van der Waals surface area contributed by atoms with Crippen LogP contribution in [-0.4, -0.2) is 18.5 Å². The fraction of sp³-hybridized carbons (Fsp3) is 0.500. The Morgan fingerprint density at radius 2 is 2.24 bits per heavy atom. The molecule has 0 aromatic heterocycles. The summed E-state index contributed by atoms with van der Waals surface area (Å²) in [5.41, 5.74) is 1.18. The van der Waals surface area contributed by atoms with E-state index in [2.05, 4.69) is 29.7 Å². The maximum atomic E-state index is 12.0. The number of hydrogen-bond donors (Lipinski definition) is 2. The van der Waals surface area contributed by atoms with E-state index in [-0.39, 0.29) is 18.0 Å². The van der Waals surface area contributed by atoms with Crippen molar-refractivity contribution in [3.05, 3.63) is 35.9 Å². The van der Waals surface area contributed by atoms with Gasteiger partial charge in [-0.25, -0.2) is 0 Å². The van der Waals surface area contributed by atoms with Gasteiger partial charge in [-0.15, -0.1) is 0 Å². The molecule has 0 bridgehead atoms. The van der Waals surface area contributed by atoms with E-state index in [1.165, 1.54) is 5.56 Å². The largest absolute Gasteiger partial charge is 0.348 e. The minimum Gasteiger partial charge on any atom is -0.348 e. The Balaban J connectivity index is 1.97. The zero-order valence-corrected chi connectivity index (χ0v) is 10.3. The molecule has 1 amide bonds. The van der Waals surface area contributed by atoms with Crippen LogP contribution in [0.4, 0.5) is 0 Å². The number of nitrogens with one attached hydrogen (secondary N) is 2. The van der Waals surface area contributed by atoms with Crippen molar-refractivity contribution in [2.24, 2.45) is 0 Å². The molecule has 92 valence electrons. The summed E-state index contributed by atoms with van der Waals surface area (Å²) in [7, 11) is 0. The first kappa shape index (κ1) is 12.1.